The second-order valence-corrected chi connectivity index (χ2v) is 6.15. The SMILES string of the molecule is CCC(NC1COc2ccccc21)c1cc(Br)ccc1O. The van der Waals surface area contributed by atoms with Crippen LogP contribution in [0.3, 0.4) is 0 Å². The molecule has 21 heavy (non-hydrogen) atoms. The minimum Gasteiger partial charge on any atom is -0.508 e. The highest BCUT2D eigenvalue weighted by Gasteiger charge is 2.26. The number of phenols is 1. The first-order chi connectivity index (χ1) is 10.2. The monoisotopic (exact) mass is 347 g/mol. The van der Waals surface area contributed by atoms with E-state index >= 15 is 0 Å². The Morgan fingerprint density at radius 1 is 1.33 bits per heavy atom. The van der Waals surface area contributed by atoms with Crippen molar-refractivity contribution >= 4 is 15.9 Å². The molecule has 0 fully saturated rings. The van der Waals surface area contributed by atoms with Crippen molar-refractivity contribution in [2.24, 2.45) is 0 Å². The van der Waals surface area contributed by atoms with Crippen molar-refractivity contribution in [1.82, 2.24) is 5.32 Å². The highest BCUT2D eigenvalue weighted by Crippen LogP contribution is 2.36. The van der Waals surface area contributed by atoms with E-state index in [1.807, 2.05) is 30.3 Å². The van der Waals surface area contributed by atoms with Gasteiger partial charge in [0.2, 0.25) is 0 Å². The molecule has 0 bridgehead atoms. The molecule has 3 nitrogen and oxygen atoms in total. The van der Waals surface area contributed by atoms with Crippen molar-refractivity contribution in [3.63, 3.8) is 0 Å². The van der Waals surface area contributed by atoms with Crippen LogP contribution in [0.5, 0.6) is 11.5 Å². The zero-order chi connectivity index (χ0) is 14.8. The van der Waals surface area contributed by atoms with Crippen LogP contribution in [-0.2, 0) is 0 Å². The number of hydrogen-bond acceptors (Lipinski definition) is 3. The molecule has 0 radical (unpaired) electrons. The van der Waals surface area contributed by atoms with Gasteiger partial charge in [-0.15, -0.1) is 0 Å². The lowest BCUT2D eigenvalue weighted by atomic mass is 10.0. The zero-order valence-corrected chi connectivity index (χ0v) is 13.4. The Balaban J connectivity index is 1.84. The largest absolute Gasteiger partial charge is 0.508 e. The highest BCUT2D eigenvalue weighted by molar-refractivity contribution is 9.10. The second kappa shape index (κ2) is 6.08. The minimum atomic E-state index is 0.0854. The summed E-state index contributed by atoms with van der Waals surface area (Å²) in [6, 6.07) is 13.9. The van der Waals surface area contributed by atoms with Crippen molar-refractivity contribution in [2.45, 2.75) is 25.4 Å². The normalized spacial score (nSPS) is 18.1. The third-order valence-corrected chi connectivity index (χ3v) is 4.37. The van der Waals surface area contributed by atoms with Gasteiger partial charge < -0.3 is 9.84 Å². The average molecular weight is 348 g/mol. The molecule has 2 aromatic carbocycles. The number of rotatable bonds is 4. The molecule has 110 valence electrons. The first-order valence-corrected chi connectivity index (χ1v) is 7.94. The van der Waals surface area contributed by atoms with E-state index in [-0.39, 0.29) is 12.1 Å². The molecule has 0 amide bonds. The molecule has 1 heterocycles. The van der Waals surface area contributed by atoms with E-state index < -0.39 is 0 Å². The zero-order valence-electron chi connectivity index (χ0n) is 11.8. The smallest absolute Gasteiger partial charge is 0.124 e. The summed E-state index contributed by atoms with van der Waals surface area (Å²) in [6.07, 6.45) is 0.892. The van der Waals surface area contributed by atoms with Crippen molar-refractivity contribution in [1.29, 1.82) is 0 Å². The van der Waals surface area contributed by atoms with Crippen molar-refractivity contribution in [3.05, 3.63) is 58.1 Å². The van der Waals surface area contributed by atoms with Gasteiger partial charge in [0.05, 0.1) is 6.04 Å². The molecule has 3 rings (SSSR count). The number of nitrogens with one attached hydrogen (secondary N) is 1. The van der Waals surface area contributed by atoms with E-state index in [9.17, 15) is 5.11 Å². The first-order valence-electron chi connectivity index (χ1n) is 7.15. The number of aromatic hydroxyl groups is 1. The fourth-order valence-corrected chi connectivity index (χ4v) is 3.15. The van der Waals surface area contributed by atoms with Gasteiger partial charge >= 0.3 is 0 Å². The van der Waals surface area contributed by atoms with E-state index in [1.165, 1.54) is 5.56 Å². The molecular formula is C17H18BrNO2. The molecule has 4 heteroatoms. The van der Waals surface area contributed by atoms with Crippen LogP contribution in [-0.4, -0.2) is 11.7 Å². The standard InChI is InChI=1S/C17H18BrNO2/c1-2-14(13-9-11(18)7-8-16(13)20)19-15-10-21-17-6-4-3-5-12(15)17/h3-9,14-15,19-20H,2,10H2,1H3. The van der Waals surface area contributed by atoms with Crippen LogP contribution in [0.4, 0.5) is 0 Å². The maximum absolute atomic E-state index is 10.1. The number of fused-ring (bicyclic) bond motifs is 1. The summed E-state index contributed by atoms with van der Waals surface area (Å²) < 4.78 is 6.68. The number of para-hydroxylation sites is 1. The maximum Gasteiger partial charge on any atom is 0.124 e. The van der Waals surface area contributed by atoms with E-state index in [0.717, 1.165) is 22.2 Å². The lowest BCUT2D eigenvalue weighted by Crippen LogP contribution is -2.27. The molecule has 0 aliphatic carbocycles. The average Bonchev–Trinajstić information content (AvgIpc) is 2.91. The molecule has 0 saturated carbocycles. The van der Waals surface area contributed by atoms with E-state index in [4.69, 9.17) is 4.74 Å². The number of hydrogen-bond donors (Lipinski definition) is 2. The van der Waals surface area contributed by atoms with Crippen molar-refractivity contribution in [3.8, 4) is 11.5 Å². The van der Waals surface area contributed by atoms with Gasteiger partial charge in [0.15, 0.2) is 0 Å². The molecule has 1 aliphatic heterocycles. The fraction of sp³-hybridized carbons (Fsp3) is 0.294. The lowest BCUT2D eigenvalue weighted by Gasteiger charge is -2.22. The predicted octanol–water partition coefficient (Wildman–Crippen LogP) is 4.33. The summed E-state index contributed by atoms with van der Waals surface area (Å²) in [6.45, 7) is 2.74. The van der Waals surface area contributed by atoms with Crippen LogP contribution in [0.1, 0.15) is 36.6 Å². The molecule has 2 unspecified atom stereocenters. The van der Waals surface area contributed by atoms with E-state index in [2.05, 4.69) is 34.2 Å². The second-order valence-electron chi connectivity index (χ2n) is 5.23. The van der Waals surface area contributed by atoms with E-state index in [0.29, 0.717) is 12.4 Å². The molecule has 0 saturated heterocycles. The quantitative estimate of drug-likeness (QED) is 0.864. The topological polar surface area (TPSA) is 41.5 Å². The van der Waals surface area contributed by atoms with Crippen molar-refractivity contribution < 1.29 is 9.84 Å². The summed E-state index contributed by atoms with van der Waals surface area (Å²) in [5, 5.41) is 13.7. The first kappa shape index (κ1) is 14.4. The van der Waals surface area contributed by atoms with Gasteiger partial charge in [-0.25, -0.2) is 0 Å². The van der Waals surface area contributed by atoms with Gasteiger partial charge in [0.25, 0.3) is 0 Å². The number of phenolic OH excluding ortho intramolecular Hbond substituents is 1. The number of halogens is 1. The van der Waals surface area contributed by atoms with Gasteiger partial charge in [-0.05, 0) is 30.7 Å². The molecule has 2 aromatic rings. The summed E-state index contributed by atoms with van der Waals surface area (Å²) >= 11 is 3.47. The molecule has 0 aromatic heterocycles. The predicted molar refractivity (Wildman–Crippen MR) is 86.7 cm³/mol. The van der Waals surface area contributed by atoms with Crippen LogP contribution in [0.2, 0.25) is 0 Å². The maximum atomic E-state index is 10.1. The number of ether oxygens (including phenoxy) is 1. The van der Waals surface area contributed by atoms with Crippen LogP contribution in [0.25, 0.3) is 0 Å². The Bertz CT molecular complexity index is 644. The Hall–Kier alpha value is -1.52. The lowest BCUT2D eigenvalue weighted by molar-refractivity contribution is 0.294. The molecular weight excluding hydrogens is 330 g/mol. The van der Waals surface area contributed by atoms with Crippen LogP contribution < -0.4 is 10.1 Å². The Morgan fingerprint density at radius 2 is 2.14 bits per heavy atom. The highest BCUT2D eigenvalue weighted by atomic mass is 79.9. The molecule has 1 aliphatic rings. The number of benzene rings is 2. The van der Waals surface area contributed by atoms with E-state index in [1.54, 1.807) is 6.07 Å². The molecule has 2 N–H and O–H groups in total. The third kappa shape index (κ3) is 2.92. The van der Waals surface area contributed by atoms with Gasteiger partial charge in [-0.3, -0.25) is 5.32 Å². The molecule has 0 spiro atoms. The van der Waals surface area contributed by atoms with Gasteiger partial charge in [-0.2, -0.15) is 0 Å². The summed E-state index contributed by atoms with van der Waals surface area (Å²) in [5.41, 5.74) is 2.10. The summed E-state index contributed by atoms with van der Waals surface area (Å²) in [5.74, 6) is 1.27. The summed E-state index contributed by atoms with van der Waals surface area (Å²) in [4.78, 5) is 0. The van der Waals surface area contributed by atoms with Gasteiger partial charge in [0, 0.05) is 21.6 Å². The Morgan fingerprint density at radius 3 is 2.95 bits per heavy atom. The fourth-order valence-electron chi connectivity index (χ4n) is 2.78. The Labute approximate surface area is 133 Å². The van der Waals surface area contributed by atoms with Crippen LogP contribution >= 0.6 is 15.9 Å². The third-order valence-electron chi connectivity index (χ3n) is 3.88. The van der Waals surface area contributed by atoms with Gasteiger partial charge in [0.1, 0.15) is 18.1 Å². The van der Waals surface area contributed by atoms with Crippen molar-refractivity contribution in [2.75, 3.05) is 6.61 Å². The van der Waals surface area contributed by atoms with Gasteiger partial charge in [-0.1, -0.05) is 41.1 Å². The van der Waals surface area contributed by atoms with Crippen LogP contribution in [0, 0.1) is 0 Å². The van der Waals surface area contributed by atoms with Crippen LogP contribution in [0.15, 0.2) is 46.9 Å². The summed E-state index contributed by atoms with van der Waals surface area (Å²) in [7, 11) is 0. The Kier molecular flexibility index (Phi) is 4.17. The minimum absolute atomic E-state index is 0.0854. The molecule has 2 atom stereocenters.